The fraction of sp³-hybridized carbons (Fsp3) is 0. The Morgan fingerprint density at radius 1 is 1.08 bits per heavy atom. The van der Waals surface area contributed by atoms with E-state index in [1.165, 1.54) is 12.1 Å². The summed E-state index contributed by atoms with van der Waals surface area (Å²) in [5.74, 6) is 0. The first-order chi connectivity index (χ1) is 5.52. The van der Waals surface area contributed by atoms with Crippen molar-refractivity contribution in [3.63, 3.8) is 0 Å². The molecule has 3 N–H and O–H groups in total. The molecular formula is C7H8O4P+. The molecule has 12 heavy (non-hydrogen) atoms. The van der Waals surface area contributed by atoms with Gasteiger partial charge in [0.15, 0.2) is 0 Å². The molecule has 0 amide bonds. The molecule has 0 aliphatic heterocycles. The van der Waals surface area contributed by atoms with Crippen molar-refractivity contribution in [2.45, 2.75) is 0 Å². The molecular weight excluding hydrogens is 179 g/mol. The van der Waals surface area contributed by atoms with Gasteiger partial charge in [-0.3, -0.25) is 0 Å². The third kappa shape index (κ3) is 2.09. The Morgan fingerprint density at radius 3 is 2.00 bits per heavy atom. The predicted molar refractivity (Wildman–Crippen MR) is 44.3 cm³/mol. The van der Waals surface area contributed by atoms with E-state index in [-0.39, 0.29) is 5.56 Å². The third-order valence-electron chi connectivity index (χ3n) is 1.29. The maximum absolute atomic E-state index is 11.0. The minimum absolute atomic E-state index is 0.0957. The lowest BCUT2D eigenvalue weighted by molar-refractivity contribution is 0.102. The molecule has 0 unspecified atom stereocenters. The van der Waals surface area contributed by atoms with Crippen LogP contribution in [0.4, 0.5) is 0 Å². The van der Waals surface area contributed by atoms with E-state index in [1.807, 2.05) is 0 Å². The minimum Gasteiger partial charge on any atom is -0.238 e. The molecule has 1 aromatic carbocycles. The van der Waals surface area contributed by atoms with Gasteiger partial charge in [0.2, 0.25) is 0 Å². The summed E-state index contributed by atoms with van der Waals surface area (Å²) in [6.07, 6.45) is 0. The average Bonchev–Trinajstić information content (AvgIpc) is 2.03. The van der Waals surface area contributed by atoms with Crippen molar-refractivity contribution < 1.29 is 19.5 Å². The van der Waals surface area contributed by atoms with Crippen LogP contribution in [0.5, 0.6) is 0 Å². The standard InChI is InChI=1S/C7H8O4P/c8-7(12(9,10)11)6-4-2-1-3-5-6/h1-5,9-11H/q+1. The molecule has 1 aromatic rings. The normalized spacial score (nSPS) is 11.2. The second kappa shape index (κ2) is 3.29. The van der Waals surface area contributed by atoms with Gasteiger partial charge in [0.25, 0.3) is 0 Å². The van der Waals surface area contributed by atoms with E-state index in [2.05, 4.69) is 0 Å². The van der Waals surface area contributed by atoms with Gasteiger partial charge in [0.05, 0.1) is 5.56 Å². The Morgan fingerprint density at radius 2 is 1.58 bits per heavy atom. The maximum Gasteiger partial charge on any atom is 0.483 e. The molecule has 0 saturated carbocycles. The number of benzene rings is 1. The number of carbonyl (C=O) groups is 1. The van der Waals surface area contributed by atoms with Gasteiger partial charge >= 0.3 is 13.5 Å². The van der Waals surface area contributed by atoms with E-state index >= 15 is 0 Å². The second-order valence-corrected chi connectivity index (χ2v) is 3.78. The zero-order chi connectivity index (χ0) is 9.19. The summed E-state index contributed by atoms with van der Waals surface area (Å²) >= 11 is 0. The smallest absolute Gasteiger partial charge is 0.238 e. The highest BCUT2D eigenvalue weighted by Crippen LogP contribution is 2.47. The molecule has 64 valence electrons. The maximum atomic E-state index is 11.0. The molecule has 0 fully saturated rings. The molecule has 0 aromatic heterocycles. The highest BCUT2D eigenvalue weighted by molar-refractivity contribution is 7.76. The van der Waals surface area contributed by atoms with Crippen LogP contribution >= 0.6 is 7.94 Å². The topological polar surface area (TPSA) is 77.8 Å². The van der Waals surface area contributed by atoms with Gasteiger partial charge < -0.3 is 0 Å². The SMILES string of the molecule is O=C(c1ccccc1)[P+](O)(O)O. The molecule has 5 heteroatoms. The molecule has 0 aliphatic rings. The minimum atomic E-state index is -4.37. The van der Waals surface area contributed by atoms with E-state index in [1.54, 1.807) is 18.2 Å². The average molecular weight is 187 g/mol. The molecule has 0 heterocycles. The van der Waals surface area contributed by atoms with Crippen LogP contribution in [0.2, 0.25) is 0 Å². The van der Waals surface area contributed by atoms with Crippen molar-refractivity contribution in [2.24, 2.45) is 0 Å². The Bertz CT molecular complexity index is 277. The molecule has 4 nitrogen and oxygen atoms in total. The van der Waals surface area contributed by atoms with Crippen LogP contribution in [-0.4, -0.2) is 20.2 Å². The fourth-order valence-corrected chi connectivity index (χ4v) is 1.25. The van der Waals surface area contributed by atoms with Crippen molar-refractivity contribution in [2.75, 3.05) is 0 Å². The van der Waals surface area contributed by atoms with Crippen molar-refractivity contribution in [1.82, 2.24) is 0 Å². The summed E-state index contributed by atoms with van der Waals surface area (Å²) in [5.41, 5.74) is -0.929. The van der Waals surface area contributed by atoms with E-state index < -0.39 is 13.5 Å². The van der Waals surface area contributed by atoms with Gasteiger partial charge in [0, 0.05) is 0 Å². The lowest BCUT2D eigenvalue weighted by Gasteiger charge is -2.00. The van der Waals surface area contributed by atoms with Crippen LogP contribution in [0.1, 0.15) is 10.4 Å². The van der Waals surface area contributed by atoms with Gasteiger partial charge in [-0.2, -0.15) is 14.7 Å². The fourth-order valence-electron chi connectivity index (χ4n) is 0.754. The molecule has 0 radical (unpaired) electrons. The summed E-state index contributed by atoms with van der Waals surface area (Å²) in [6.45, 7) is 0. The predicted octanol–water partition coefficient (Wildman–Crippen LogP) is 0.566. The van der Waals surface area contributed by atoms with E-state index in [0.717, 1.165) is 0 Å². The Hall–Kier alpha value is -0.800. The number of hydrogen-bond acceptors (Lipinski definition) is 4. The first-order valence-electron chi connectivity index (χ1n) is 3.19. The summed E-state index contributed by atoms with van der Waals surface area (Å²) in [5, 5.41) is 0. The second-order valence-electron chi connectivity index (χ2n) is 2.24. The summed E-state index contributed by atoms with van der Waals surface area (Å²) < 4.78 is 0. The van der Waals surface area contributed by atoms with Crippen molar-refractivity contribution >= 4 is 13.5 Å². The summed E-state index contributed by atoms with van der Waals surface area (Å²) in [7, 11) is -4.37. The van der Waals surface area contributed by atoms with E-state index in [0.29, 0.717) is 0 Å². The largest absolute Gasteiger partial charge is 0.483 e. The van der Waals surface area contributed by atoms with E-state index in [4.69, 9.17) is 14.7 Å². The zero-order valence-corrected chi connectivity index (χ0v) is 6.98. The van der Waals surface area contributed by atoms with Crippen LogP contribution in [0.25, 0.3) is 0 Å². The summed E-state index contributed by atoms with van der Waals surface area (Å²) in [6, 6.07) is 7.63. The van der Waals surface area contributed by atoms with Crippen LogP contribution in [0, 0.1) is 0 Å². The lowest BCUT2D eigenvalue weighted by atomic mass is 10.2. The summed E-state index contributed by atoms with van der Waals surface area (Å²) in [4.78, 5) is 36.8. The number of rotatable bonds is 2. The van der Waals surface area contributed by atoms with Gasteiger partial charge in [-0.1, -0.05) is 18.2 Å². The molecule has 0 bridgehead atoms. The quantitative estimate of drug-likeness (QED) is 0.591. The van der Waals surface area contributed by atoms with Gasteiger partial charge in [-0.05, 0) is 12.1 Å². The Labute approximate surface area is 69.7 Å². The van der Waals surface area contributed by atoms with Crippen LogP contribution in [0.3, 0.4) is 0 Å². The van der Waals surface area contributed by atoms with Gasteiger partial charge in [-0.15, -0.1) is 0 Å². The van der Waals surface area contributed by atoms with Crippen molar-refractivity contribution in [3.05, 3.63) is 35.9 Å². The first-order valence-corrected chi connectivity index (χ1v) is 4.84. The Balaban J connectivity index is 2.94. The molecule has 1 rings (SSSR count). The Kier molecular flexibility index (Phi) is 2.55. The molecule has 0 aliphatic carbocycles. The van der Waals surface area contributed by atoms with Crippen molar-refractivity contribution in [3.8, 4) is 0 Å². The first kappa shape index (κ1) is 9.29. The molecule has 0 spiro atoms. The molecule has 0 saturated heterocycles. The van der Waals surface area contributed by atoms with Crippen LogP contribution in [0.15, 0.2) is 30.3 Å². The van der Waals surface area contributed by atoms with Gasteiger partial charge in [0.1, 0.15) is 0 Å². The highest BCUT2D eigenvalue weighted by atomic mass is 31.2. The third-order valence-corrected chi connectivity index (χ3v) is 2.10. The van der Waals surface area contributed by atoms with Crippen LogP contribution < -0.4 is 0 Å². The molecule has 0 atom stereocenters. The highest BCUT2D eigenvalue weighted by Gasteiger charge is 2.43. The van der Waals surface area contributed by atoms with Crippen molar-refractivity contribution in [1.29, 1.82) is 0 Å². The number of carbonyl (C=O) groups excluding carboxylic acids is 1. The number of hydrogen-bond donors (Lipinski definition) is 3. The van der Waals surface area contributed by atoms with Crippen LogP contribution in [-0.2, 0) is 0 Å². The monoisotopic (exact) mass is 187 g/mol. The van der Waals surface area contributed by atoms with E-state index in [9.17, 15) is 4.79 Å². The zero-order valence-electron chi connectivity index (χ0n) is 6.08. The lowest BCUT2D eigenvalue weighted by Crippen LogP contribution is -2.04. The van der Waals surface area contributed by atoms with Gasteiger partial charge in [-0.25, -0.2) is 4.79 Å².